The number of fused-ring (bicyclic) bond motifs is 1. The van der Waals surface area contributed by atoms with Crippen LogP contribution in [-0.4, -0.2) is 47.0 Å². The van der Waals surface area contributed by atoms with Crippen molar-refractivity contribution < 1.29 is 4.79 Å². The number of pyridine rings is 1. The number of urea groups is 1. The van der Waals surface area contributed by atoms with E-state index in [9.17, 15) is 4.79 Å². The van der Waals surface area contributed by atoms with E-state index in [2.05, 4.69) is 41.2 Å². The van der Waals surface area contributed by atoms with Crippen molar-refractivity contribution in [2.24, 2.45) is 0 Å². The third kappa shape index (κ3) is 3.26. The van der Waals surface area contributed by atoms with Gasteiger partial charge in [-0.2, -0.15) is 0 Å². The van der Waals surface area contributed by atoms with Gasteiger partial charge < -0.3 is 15.1 Å². The highest BCUT2D eigenvalue weighted by Crippen LogP contribution is 2.36. The second-order valence-corrected chi connectivity index (χ2v) is 5.93. The molecule has 2 amide bonds. The van der Waals surface area contributed by atoms with Crippen LogP contribution in [0.1, 0.15) is 31.0 Å². The summed E-state index contributed by atoms with van der Waals surface area (Å²) in [5.74, 6) is 0. The van der Waals surface area contributed by atoms with Gasteiger partial charge in [-0.1, -0.05) is 44.2 Å². The lowest BCUT2D eigenvalue weighted by molar-refractivity contribution is 0.179. The molecule has 1 aromatic carbocycles. The molecule has 1 N–H and O–H groups in total. The molecule has 5 nitrogen and oxygen atoms in total. The molecule has 24 heavy (non-hydrogen) atoms. The molecule has 0 radical (unpaired) electrons. The number of aromatic nitrogens is 1. The molecular weight excluding hydrogens is 300 g/mol. The van der Waals surface area contributed by atoms with Crippen LogP contribution in [0.2, 0.25) is 0 Å². The molecule has 0 bridgehead atoms. The van der Waals surface area contributed by atoms with Gasteiger partial charge in [-0.15, -0.1) is 0 Å². The average molecular weight is 324 g/mol. The number of carbonyl (C=O) groups is 1. The SMILES string of the molecule is CCN(CC)CCN1C(=O)Nc2cnccc2C1c1ccccc1. The maximum Gasteiger partial charge on any atom is 0.322 e. The first kappa shape index (κ1) is 16.5. The lowest BCUT2D eigenvalue weighted by Gasteiger charge is -2.38. The minimum atomic E-state index is -0.0755. The van der Waals surface area contributed by atoms with Crippen molar-refractivity contribution in [2.45, 2.75) is 19.9 Å². The van der Waals surface area contributed by atoms with Crippen LogP contribution in [0.5, 0.6) is 0 Å². The first-order chi connectivity index (χ1) is 11.7. The third-order valence-electron chi connectivity index (χ3n) is 4.63. The highest BCUT2D eigenvalue weighted by atomic mass is 16.2. The minimum absolute atomic E-state index is 0.0588. The van der Waals surface area contributed by atoms with Gasteiger partial charge in [-0.25, -0.2) is 4.79 Å². The van der Waals surface area contributed by atoms with Crippen LogP contribution in [0.4, 0.5) is 10.5 Å². The molecule has 0 aliphatic carbocycles. The summed E-state index contributed by atoms with van der Waals surface area (Å²) in [4.78, 5) is 21.1. The van der Waals surface area contributed by atoms with Crippen LogP contribution in [0.15, 0.2) is 48.8 Å². The van der Waals surface area contributed by atoms with E-state index in [1.54, 1.807) is 12.4 Å². The van der Waals surface area contributed by atoms with Crippen molar-refractivity contribution in [3.8, 4) is 0 Å². The summed E-state index contributed by atoms with van der Waals surface area (Å²) in [5, 5.41) is 2.98. The molecule has 2 heterocycles. The van der Waals surface area contributed by atoms with Crippen molar-refractivity contribution in [1.82, 2.24) is 14.8 Å². The topological polar surface area (TPSA) is 48.5 Å². The van der Waals surface area contributed by atoms with E-state index in [1.165, 1.54) is 0 Å². The molecule has 1 atom stereocenters. The summed E-state index contributed by atoms with van der Waals surface area (Å²) in [6, 6.07) is 12.1. The number of hydrogen-bond donors (Lipinski definition) is 1. The molecule has 1 unspecified atom stereocenters. The Labute approximate surface area is 143 Å². The van der Waals surface area contributed by atoms with E-state index in [4.69, 9.17) is 0 Å². The van der Waals surface area contributed by atoms with Crippen molar-refractivity contribution in [1.29, 1.82) is 0 Å². The summed E-state index contributed by atoms with van der Waals surface area (Å²) in [7, 11) is 0. The first-order valence-electron chi connectivity index (χ1n) is 8.53. The Hall–Kier alpha value is -2.40. The zero-order valence-electron chi connectivity index (χ0n) is 14.3. The fraction of sp³-hybridized carbons (Fsp3) is 0.368. The number of likely N-dealkylation sites (N-methyl/N-ethyl adjacent to an activating group) is 1. The van der Waals surface area contributed by atoms with Gasteiger partial charge in [0.1, 0.15) is 0 Å². The Kier molecular flexibility index (Phi) is 5.11. The Morgan fingerprint density at radius 2 is 1.92 bits per heavy atom. The molecule has 3 rings (SSSR count). The lowest BCUT2D eigenvalue weighted by Crippen LogP contribution is -2.46. The number of rotatable bonds is 6. The van der Waals surface area contributed by atoms with Crippen molar-refractivity contribution in [3.63, 3.8) is 0 Å². The van der Waals surface area contributed by atoms with Gasteiger partial charge in [0.25, 0.3) is 0 Å². The summed E-state index contributed by atoms with van der Waals surface area (Å²) in [6.07, 6.45) is 3.51. The zero-order chi connectivity index (χ0) is 16.9. The number of anilines is 1. The average Bonchev–Trinajstić information content (AvgIpc) is 2.63. The quantitative estimate of drug-likeness (QED) is 0.886. The molecule has 2 aromatic rings. The largest absolute Gasteiger partial charge is 0.322 e. The molecule has 5 heteroatoms. The normalized spacial score (nSPS) is 16.9. The van der Waals surface area contributed by atoms with E-state index in [-0.39, 0.29) is 12.1 Å². The molecule has 1 aliphatic heterocycles. The fourth-order valence-corrected chi connectivity index (χ4v) is 3.23. The van der Waals surface area contributed by atoms with Crippen molar-refractivity contribution >= 4 is 11.7 Å². The smallest absolute Gasteiger partial charge is 0.312 e. The van der Waals surface area contributed by atoms with Gasteiger partial charge in [0.2, 0.25) is 0 Å². The van der Waals surface area contributed by atoms with Crippen LogP contribution in [0.25, 0.3) is 0 Å². The summed E-state index contributed by atoms with van der Waals surface area (Å²) < 4.78 is 0. The highest BCUT2D eigenvalue weighted by Gasteiger charge is 2.33. The lowest BCUT2D eigenvalue weighted by atomic mass is 9.95. The van der Waals surface area contributed by atoms with Gasteiger partial charge in [0, 0.05) is 24.8 Å². The molecular formula is C19H24N4O. The molecule has 1 aromatic heterocycles. The van der Waals surface area contributed by atoms with Crippen molar-refractivity contribution in [3.05, 3.63) is 59.9 Å². The Morgan fingerprint density at radius 3 is 2.62 bits per heavy atom. The van der Waals surface area contributed by atoms with E-state index in [0.717, 1.165) is 36.4 Å². The van der Waals surface area contributed by atoms with E-state index < -0.39 is 0 Å². The summed E-state index contributed by atoms with van der Waals surface area (Å²) >= 11 is 0. The molecule has 0 fully saturated rings. The number of carbonyl (C=O) groups excluding carboxylic acids is 1. The van der Waals surface area contributed by atoms with Gasteiger partial charge >= 0.3 is 6.03 Å². The van der Waals surface area contributed by atoms with Gasteiger partial charge in [-0.05, 0) is 24.7 Å². The van der Waals surface area contributed by atoms with Crippen LogP contribution in [0.3, 0.4) is 0 Å². The maximum absolute atomic E-state index is 12.7. The predicted octanol–water partition coefficient (Wildman–Crippen LogP) is 3.36. The Morgan fingerprint density at radius 1 is 1.17 bits per heavy atom. The molecule has 126 valence electrons. The molecule has 0 saturated heterocycles. The predicted molar refractivity (Wildman–Crippen MR) is 96.0 cm³/mol. The number of benzene rings is 1. The Bertz CT molecular complexity index is 685. The van der Waals surface area contributed by atoms with Gasteiger partial charge in [0.15, 0.2) is 0 Å². The number of hydrogen-bond acceptors (Lipinski definition) is 3. The second kappa shape index (κ2) is 7.45. The van der Waals surface area contributed by atoms with Crippen LogP contribution in [-0.2, 0) is 0 Å². The van der Waals surface area contributed by atoms with Gasteiger partial charge in [-0.3, -0.25) is 4.98 Å². The minimum Gasteiger partial charge on any atom is -0.312 e. The van der Waals surface area contributed by atoms with E-state index >= 15 is 0 Å². The van der Waals surface area contributed by atoms with Crippen LogP contribution >= 0.6 is 0 Å². The zero-order valence-corrected chi connectivity index (χ0v) is 14.3. The van der Waals surface area contributed by atoms with Crippen LogP contribution < -0.4 is 5.32 Å². The second-order valence-electron chi connectivity index (χ2n) is 5.93. The maximum atomic E-state index is 12.7. The number of nitrogens with one attached hydrogen (secondary N) is 1. The summed E-state index contributed by atoms with van der Waals surface area (Å²) in [5.41, 5.74) is 3.02. The molecule has 1 aliphatic rings. The highest BCUT2D eigenvalue weighted by molar-refractivity contribution is 5.93. The number of amides is 2. The monoisotopic (exact) mass is 324 g/mol. The van der Waals surface area contributed by atoms with Gasteiger partial charge in [0.05, 0.1) is 17.9 Å². The van der Waals surface area contributed by atoms with Crippen molar-refractivity contribution in [2.75, 3.05) is 31.5 Å². The first-order valence-corrected chi connectivity index (χ1v) is 8.53. The third-order valence-corrected chi connectivity index (χ3v) is 4.63. The standard InChI is InChI=1S/C19H24N4O/c1-3-22(4-2)12-13-23-18(15-8-6-5-7-9-15)16-10-11-20-14-17(16)21-19(23)24/h5-11,14,18H,3-4,12-13H2,1-2H3,(H,21,24). The number of nitrogens with zero attached hydrogens (tertiary/aromatic N) is 3. The van der Waals surface area contributed by atoms with Crippen LogP contribution in [0, 0.1) is 0 Å². The fourth-order valence-electron chi connectivity index (χ4n) is 3.23. The summed E-state index contributed by atoms with van der Waals surface area (Å²) in [6.45, 7) is 7.83. The molecule has 0 spiro atoms. The molecule has 0 saturated carbocycles. The van der Waals surface area contributed by atoms with E-state index in [1.807, 2.05) is 29.2 Å². The van der Waals surface area contributed by atoms with E-state index in [0.29, 0.717) is 6.54 Å². The Balaban J connectivity index is 1.95.